The van der Waals surface area contributed by atoms with Crippen molar-refractivity contribution >= 4 is 39.8 Å². The lowest BCUT2D eigenvalue weighted by atomic mass is 9.84. The first-order valence-corrected chi connectivity index (χ1v) is 12.8. The van der Waals surface area contributed by atoms with Crippen LogP contribution < -0.4 is 15.4 Å². The topological polar surface area (TPSA) is 83.0 Å². The van der Waals surface area contributed by atoms with Crippen LogP contribution in [0, 0.1) is 0 Å². The van der Waals surface area contributed by atoms with E-state index < -0.39 is 9.84 Å². The van der Waals surface area contributed by atoms with Gasteiger partial charge in [-0.1, -0.05) is 26.0 Å². The summed E-state index contributed by atoms with van der Waals surface area (Å²) in [4.78, 5) is 7.09. The molecule has 1 aliphatic rings. The predicted molar refractivity (Wildman–Crippen MR) is 140 cm³/mol. The van der Waals surface area contributed by atoms with Gasteiger partial charge in [-0.05, 0) is 37.5 Å². The van der Waals surface area contributed by atoms with E-state index in [4.69, 9.17) is 9.73 Å². The molecular formula is C22H39IN4O3S. The predicted octanol–water partition coefficient (Wildman–Crippen LogP) is 2.65. The average molecular weight is 567 g/mol. The van der Waals surface area contributed by atoms with Gasteiger partial charge in [-0.25, -0.2) is 8.42 Å². The number of nitrogens with one attached hydrogen (secondary N) is 2. The smallest absolute Gasteiger partial charge is 0.191 e. The zero-order chi connectivity index (χ0) is 22.2. The van der Waals surface area contributed by atoms with Crippen LogP contribution in [0.4, 0.5) is 0 Å². The fraction of sp³-hybridized carbons (Fsp3) is 0.682. The van der Waals surface area contributed by atoms with E-state index in [1.54, 1.807) is 7.11 Å². The summed E-state index contributed by atoms with van der Waals surface area (Å²) < 4.78 is 28.1. The number of hydrogen-bond donors (Lipinski definition) is 2. The Morgan fingerprint density at radius 3 is 2.55 bits per heavy atom. The molecule has 31 heavy (non-hydrogen) atoms. The van der Waals surface area contributed by atoms with Gasteiger partial charge >= 0.3 is 0 Å². The van der Waals surface area contributed by atoms with Crippen LogP contribution in [-0.4, -0.2) is 77.2 Å². The van der Waals surface area contributed by atoms with Crippen molar-refractivity contribution in [3.63, 3.8) is 0 Å². The number of sulfone groups is 1. The maximum Gasteiger partial charge on any atom is 0.191 e. The van der Waals surface area contributed by atoms with Crippen LogP contribution in [0.5, 0.6) is 5.75 Å². The average Bonchev–Trinajstić information content (AvgIpc) is 2.71. The van der Waals surface area contributed by atoms with Crippen LogP contribution >= 0.6 is 24.0 Å². The molecule has 2 rings (SSSR count). The van der Waals surface area contributed by atoms with Gasteiger partial charge < -0.3 is 20.3 Å². The molecule has 1 heterocycles. The van der Waals surface area contributed by atoms with E-state index in [-0.39, 0.29) is 35.1 Å². The van der Waals surface area contributed by atoms with Gasteiger partial charge in [0.15, 0.2) is 5.96 Å². The van der Waals surface area contributed by atoms with Gasteiger partial charge in [0.25, 0.3) is 0 Å². The Kier molecular flexibility index (Phi) is 11.6. The molecule has 178 valence electrons. The van der Waals surface area contributed by atoms with Crippen LogP contribution in [-0.2, 0) is 15.3 Å². The fourth-order valence-corrected chi connectivity index (χ4v) is 4.11. The first-order chi connectivity index (χ1) is 14.1. The molecule has 1 aliphatic heterocycles. The van der Waals surface area contributed by atoms with Crippen molar-refractivity contribution in [2.24, 2.45) is 4.99 Å². The van der Waals surface area contributed by atoms with Crippen LogP contribution in [0.1, 0.15) is 39.2 Å². The van der Waals surface area contributed by atoms with Crippen LogP contribution in [0.25, 0.3) is 0 Å². The van der Waals surface area contributed by atoms with E-state index >= 15 is 0 Å². The minimum Gasteiger partial charge on any atom is -0.497 e. The molecule has 0 unspecified atom stereocenters. The SMILES string of the molecule is CCNC(=NCC(C)(C)c1cccc(OC)c1)NC1CCN(CCS(C)(=O)=O)CC1.I. The Labute approximate surface area is 205 Å². The van der Waals surface area contributed by atoms with E-state index in [0.717, 1.165) is 44.2 Å². The molecule has 1 aromatic carbocycles. The van der Waals surface area contributed by atoms with Gasteiger partial charge in [-0.15, -0.1) is 24.0 Å². The third-order valence-corrected chi connectivity index (χ3v) is 6.46. The molecule has 1 aromatic rings. The molecule has 0 radical (unpaired) electrons. The Morgan fingerprint density at radius 2 is 1.97 bits per heavy atom. The normalized spacial score (nSPS) is 16.5. The maximum absolute atomic E-state index is 11.4. The van der Waals surface area contributed by atoms with Gasteiger partial charge in [0.1, 0.15) is 15.6 Å². The van der Waals surface area contributed by atoms with Crippen molar-refractivity contribution < 1.29 is 13.2 Å². The number of nitrogens with zero attached hydrogens (tertiary/aromatic N) is 2. The van der Waals surface area contributed by atoms with E-state index in [1.807, 2.05) is 12.1 Å². The summed E-state index contributed by atoms with van der Waals surface area (Å²) in [6.07, 6.45) is 3.26. The lowest BCUT2D eigenvalue weighted by molar-refractivity contribution is 0.216. The van der Waals surface area contributed by atoms with Gasteiger partial charge in [0, 0.05) is 43.9 Å². The third kappa shape index (κ3) is 9.95. The number of ether oxygens (including phenoxy) is 1. The second kappa shape index (κ2) is 12.8. The number of methoxy groups -OCH3 is 1. The van der Waals surface area contributed by atoms with Crippen molar-refractivity contribution in [2.75, 3.05) is 51.8 Å². The molecule has 9 heteroatoms. The van der Waals surface area contributed by atoms with Crippen LogP contribution in [0.15, 0.2) is 29.3 Å². The zero-order valence-electron chi connectivity index (χ0n) is 19.5. The number of halogens is 1. The molecule has 0 spiro atoms. The lowest BCUT2D eigenvalue weighted by Crippen LogP contribution is -2.49. The highest BCUT2D eigenvalue weighted by atomic mass is 127. The third-order valence-electron chi connectivity index (χ3n) is 5.53. The minimum absolute atomic E-state index is 0. The number of likely N-dealkylation sites (tertiary alicyclic amines) is 1. The van der Waals surface area contributed by atoms with Crippen molar-refractivity contribution in [1.82, 2.24) is 15.5 Å². The summed E-state index contributed by atoms with van der Waals surface area (Å²) in [7, 11) is -1.22. The second-order valence-electron chi connectivity index (χ2n) is 8.70. The molecule has 0 aromatic heterocycles. The lowest BCUT2D eigenvalue weighted by Gasteiger charge is -2.33. The van der Waals surface area contributed by atoms with E-state index in [1.165, 1.54) is 11.8 Å². The monoisotopic (exact) mass is 566 g/mol. The van der Waals surface area contributed by atoms with E-state index in [0.29, 0.717) is 19.1 Å². The first-order valence-electron chi connectivity index (χ1n) is 10.7. The molecule has 2 N–H and O–H groups in total. The highest BCUT2D eigenvalue weighted by molar-refractivity contribution is 14.0. The Hall–Kier alpha value is -1.07. The standard InChI is InChI=1S/C22H38N4O3S.HI/c1-6-23-21(24-17-22(2,3)18-8-7-9-20(16-18)29-4)25-19-10-12-26(13-11-19)14-15-30(5,27)28;/h7-9,16,19H,6,10-15,17H2,1-5H3,(H2,23,24,25);1H. The van der Waals surface area contributed by atoms with Crippen molar-refractivity contribution in [3.8, 4) is 5.75 Å². The van der Waals surface area contributed by atoms with E-state index in [2.05, 4.69) is 48.4 Å². The largest absolute Gasteiger partial charge is 0.497 e. The van der Waals surface area contributed by atoms with E-state index in [9.17, 15) is 8.42 Å². The fourth-order valence-electron chi connectivity index (χ4n) is 3.52. The number of aliphatic imine (C=N–C) groups is 1. The molecule has 0 aliphatic carbocycles. The molecule has 1 fully saturated rings. The summed E-state index contributed by atoms with van der Waals surface area (Å²) >= 11 is 0. The summed E-state index contributed by atoms with van der Waals surface area (Å²) in [5.41, 5.74) is 1.08. The second-order valence-corrected chi connectivity index (χ2v) is 11.0. The Morgan fingerprint density at radius 1 is 1.29 bits per heavy atom. The van der Waals surface area contributed by atoms with Gasteiger partial charge in [0.05, 0.1) is 19.4 Å². The van der Waals surface area contributed by atoms with Crippen LogP contribution in [0.2, 0.25) is 0 Å². The summed E-state index contributed by atoms with van der Waals surface area (Å²) in [5.74, 6) is 1.93. The summed E-state index contributed by atoms with van der Waals surface area (Å²) in [6.45, 7) is 10.3. The van der Waals surface area contributed by atoms with Crippen LogP contribution in [0.3, 0.4) is 0 Å². The van der Waals surface area contributed by atoms with Gasteiger partial charge in [-0.3, -0.25) is 4.99 Å². The number of rotatable bonds is 9. The number of guanidine groups is 1. The summed E-state index contributed by atoms with van der Waals surface area (Å²) in [6, 6.07) is 8.50. The number of hydrogen-bond acceptors (Lipinski definition) is 5. The molecule has 0 bridgehead atoms. The molecule has 0 saturated carbocycles. The molecule has 0 amide bonds. The number of benzene rings is 1. The molecule has 0 atom stereocenters. The highest BCUT2D eigenvalue weighted by Crippen LogP contribution is 2.26. The van der Waals surface area contributed by atoms with Gasteiger partial charge in [0.2, 0.25) is 0 Å². The number of piperidine rings is 1. The maximum atomic E-state index is 11.4. The molecule has 7 nitrogen and oxygen atoms in total. The first kappa shape index (κ1) is 28.0. The minimum atomic E-state index is -2.91. The zero-order valence-corrected chi connectivity index (χ0v) is 22.6. The van der Waals surface area contributed by atoms with Gasteiger partial charge in [-0.2, -0.15) is 0 Å². The Balaban J connectivity index is 0.00000480. The highest BCUT2D eigenvalue weighted by Gasteiger charge is 2.23. The molecular weight excluding hydrogens is 527 g/mol. The Bertz CT molecular complexity index is 807. The quantitative estimate of drug-likeness (QED) is 0.272. The molecule has 1 saturated heterocycles. The van der Waals surface area contributed by atoms with Crippen molar-refractivity contribution in [3.05, 3.63) is 29.8 Å². The van der Waals surface area contributed by atoms with Crippen molar-refractivity contribution in [1.29, 1.82) is 0 Å². The summed E-state index contributed by atoms with van der Waals surface area (Å²) in [5, 5.41) is 6.92. The van der Waals surface area contributed by atoms with Crippen molar-refractivity contribution in [2.45, 2.75) is 45.1 Å².